The molecule has 8 nitrogen and oxygen atoms in total. The smallest absolute Gasteiger partial charge is 0.305 e. The van der Waals surface area contributed by atoms with E-state index in [-0.39, 0.29) is 37.6 Å². The van der Waals surface area contributed by atoms with Gasteiger partial charge in [-0.3, -0.25) is 9.59 Å². The molecular formula is C14H24O8. The van der Waals surface area contributed by atoms with Gasteiger partial charge in [-0.05, 0) is 13.3 Å². The van der Waals surface area contributed by atoms with E-state index in [2.05, 4.69) is 0 Å². The number of aliphatic hydroxyl groups is 4. The van der Waals surface area contributed by atoms with E-state index in [1.165, 1.54) is 0 Å². The molecule has 0 spiro atoms. The molecule has 22 heavy (non-hydrogen) atoms. The number of ketones is 1. The van der Waals surface area contributed by atoms with Gasteiger partial charge in [-0.25, -0.2) is 0 Å². The summed E-state index contributed by atoms with van der Waals surface area (Å²) in [6.07, 6.45) is -5.92. The average Bonchev–Trinajstić information content (AvgIpc) is 2.48. The highest BCUT2D eigenvalue weighted by Crippen LogP contribution is 2.23. The third-order valence-corrected chi connectivity index (χ3v) is 3.56. The summed E-state index contributed by atoms with van der Waals surface area (Å²) in [5, 5.41) is 38.1. The van der Waals surface area contributed by atoms with Crippen LogP contribution < -0.4 is 0 Å². The Bertz CT molecular complexity index is 370. The van der Waals surface area contributed by atoms with Crippen LogP contribution in [0.3, 0.4) is 0 Å². The molecule has 1 aliphatic heterocycles. The van der Waals surface area contributed by atoms with E-state index in [1.807, 2.05) is 0 Å². The van der Waals surface area contributed by atoms with Crippen LogP contribution in [0.4, 0.5) is 0 Å². The fourth-order valence-corrected chi connectivity index (χ4v) is 2.34. The second kappa shape index (κ2) is 9.16. The SMILES string of the molecule is CCOC(=O)CCCC(=O)C[C@@H]1OC(CO)[C@@H](O)[C@H](O)C1O. The zero-order valence-corrected chi connectivity index (χ0v) is 12.6. The number of carbonyl (C=O) groups is 2. The maximum Gasteiger partial charge on any atom is 0.305 e. The molecule has 0 aromatic rings. The van der Waals surface area contributed by atoms with E-state index in [4.69, 9.17) is 14.6 Å². The highest BCUT2D eigenvalue weighted by molar-refractivity contribution is 5.79. The van der Waals surface area contributed by atoms with E-state index in [9.17, 15) is 24.9 Å². The van der Waals surface area contributed by atoms with Crippen molar-refractivity contribution < 1.29 is 39.5 Å². The second-order valence-electron chi connectivity index (χ2n) is 5.27. The largest absolute Gasteiger partial charge is 0.466 e. The Hall–Kier alpha value is -1.06. The van der Waals surface area contributed by atoms with Crippen molar-refractivity contribution >= 4 is 11.8 Å². The summed E-state index contributed by atoms with van der Waals surface area (Å²) in [6.45, 7) is 1.46. The first-order valence-electron chi connectivity index (χ1n) is 7.38. The third-order valence-electron chi connectivity index (χ3n) is 3.56. The van der Waals surface area contributed by atoms with Gasteiger partial charge in [-0.1, -0.05) is 0 Å². The van der Waals surface area contributed by atoms with Crippen molar-refractivity contribution in [1.29, 1.82) is 0 Å². The topological polar surface area (TPSA) is 134 Å². The summed E-state index contributed by atoms with van der Waals surface area (Å²) in [5.74, 6) is -0.614. The van der Waals surface area contributed by atoms with Crippen molar-refractivity contribution in [2.45, 2.75) is 63.1 Å². The van der Waals surface area contributed by atoms with Crippen LogP contribution in [0.5, 0.6) is 0 Å². The normalized spacial score (nSPS) is 31.8. The average molecular weight is 320 g/mol. The molecule has 1 saturated heterocycles. The number of rotatable bonds is 8. The summed E-state index contributed by atoms with van der Waals surface area (Å²) in [5.41, 5.74) is 0. The zero-order valence-electron chi connectivity index (χ0n) is 12.6. The van der Waals surface area contributed by atoms with Crippen LogP contribution in [0.1, 0.15) is 32.6 Å². The maximum absolute atomic E-state index is 11.8. The van der Waals surface area contributed by atoms with Crippen LogP contribution in [-0.2, 0) is 19.1 Å². The Kier molecular flexibility index (Phi) is 7.91. The quantitative estimate of drug-likeness (QED) is 0.398. The van der Waals surface area contributed by atoms with Crippen molar-refractivity contribution in [1.82, 2.24) is 0 Å². The van der Waals surface area contributed by atoms with Gasteiger partial charge >= 0.3 is 5.97 Å². The Morgan fingerprint density at radius 3 is 2.27 bits per heavy atom. The minimum Gasteiger partial charge on any atom is -0.466 e. The molecule has 8 heteroatoms. The van der Waals surface area contributed by atoms with Crippen molar-refractivity contribution in [2.24, 2.45) is 0 Å². The van der Waals surface area contributed by atoms with Crippen LogP contribution in [0.25, 0.3) is 0 Å². The molecule has 1 rings (SSSR count). The Labute approximate surface area is 128 Å². The number of ether oxygens (including phenoxy) is 2. The van der Waals surface area contributed by atoms with Crippen molar-refractivity contribution in [3.05, 3.63) is 0 Å². The van der Waals surface area contributed by atoms with Gasteiger partial charge in [0.05, 0.1) is 19.3 Å². The lowest BCUT2D eigenvalue weighted by Crippen LogP contribution is -2.58. The van der Waals surface area contributed by atoms with Crippen LogP contribution in [0, 0.1) is 0 Å². The monoisotopic (exact) mass is 320 g/mol. The molecule has 1 aliphatic rings. The van der Waals surface area contributed by atoms with E-state index in [0.29, 0.717) is 6.42 Å². The van der Waals surface area contributed by atoms with Crippen molar-refractivity contribution in [3.8, 4) is 0 Å². The molecule has 5 atom stereocenters. The van der Waals surface area contributed by atoms with Gasteiger partial charge in [-0.2, -0.15) is 0 Å². The maximum atomic E-state index is 11.8. The van der Waals surface area contributed by atoms with E-state index < -0.39 is 37.1 Å². The summed E-state index contributed by atoms with van der Waals surface area (Å²) >= 11 is 0. The lowest BCUT2D eigenvalue weighted by molar-refractivity contribution is -0.229. The van der Waals surface area contributed by atoms with Crippen LogP contribution in [-0.4, -0.2) is 75.9 Å². The van der Waals surface area contributed by atoms with Gasteiger partial charge in [0.1, 0.15) is 30.2 Å². The number of hydrogen-bond acceptors (Lipinski definition) is 8. The Morgan fingerprint density at radius 2 is 1.68 bits per heavy atom. The molecule has 1 fully saturated rings. The van der Waals surface area contributed by atoms with Gasteiger partial charge < -0.3 is 29.9 Å². The predicted molar refractivity (Wildman–Crippen MR) is 73.9 cm³/mol. The van der Waals surface area contributed by atoms with E-state index in [1.54, 1.807) is 6.92 Å². The van der Waals surface area contributed by atoms with Crippen molar-refractivity contribution in [3.63, 3.8) is 0 Å². The van der Waals surface area contributed by atoms with Crippen LogP contribution in [0.15, 0.2) is 0 Å². The molecule has 0 aromatic carbocycles. The molecule has 0 amide bonds. The first kappa shape index (κ1) is 19.0. The minimum atomic E-state index is -1.48. The lowest BCUT2D eigenvalue weighted by Gasteiger charge is -2.39. The van der Waals surface area contributed by atoms with Gasteiger partial charge in [0.25, 0.3) is 0 Å². The molecule has 0 aliphatic carbocycles. The summed E-state index contributed by atoms with van der Waals surface area (Å²) in [4.78, 5) is 23.0. The highest BCUT2D eigenvalue weighted by atomic mass is 16.5. The Balaban J connectivity index is 2.41. The molecule has 128 valence electrons. The standard InChI is InChI=1S/C14H24O8/c1-2-21-11(17)5-3-4-8(16)6-9-12(18)14(20)13(19)10(7-15)22-9/h9-10,12-15,18-20H,2-7H2,1H3/t9-,10?,12?,13+,14+/m0/s1. The van der Waals surface area contributed by atoms with Gasteiger partial charge in [0, 0.05) is 19.3 Å². The van der Waals surface area contributed by atoms with E-state index in [0.717, 1.165) is 0 Å². The first-order chi connectivity index (χ1) is 10.4. The number of hydrogen-bond donors (Lipinski definition) is 4. The molecule has 0 saturated carbocycles. The van der Waals surface area contributed by atoms with Crippen molar-refractivity contribution in [2.75, 3.05) is 13.2 Å². The predicted octanol–water partition coefficient (Wildman–Crippen LogP) is -1.48. The Morgan fingerprint density at radius 1 is 1.05 bits per heavy atom. The molecule has 4 N–H and O–H groups in total. The summed E-state index contributed by atoms with van der Waals surface area (Å²) in [7, 11) is 0. The molecule has 0 radical (unpaired) electrons. The lowest BCUT2D eigenvalue weighted by atomic mass is 9.92. The number of Topliss-reactive ketones (excluding diaryl/α,β-unsaturated/α-hetero) is 1. The minimum absolute atomic E-state index is 0.119. The molecular weight excluding hydrogens is 296 g/mol. The molecule has 0 aromatic heterocycles. The second-order valence-corrected chi connectivity index (χ2v) is 5.27. The van der Waals surface area contributed by atoms with Gasteiger partial charge in [-0.15, -0.1) is 0 Å². The van der Waals surface area contributed by atoms with Crippen LogP contribution in [0.2, 0.25) is 0 Å². The first-order valence-corrected chi connectivity index (χ1v) is 7.38. The number of esters is 1. The van der Waals surface area contributed by atoms with Crippen LogP contribution >= 0.6 is 0 Å². The number of aliphatic hydroxyl groups excluding tert-OH is 4. The molecule has 1 heterocycles. The van der Waals surface area contributed by atoms with Gasteiger partial charge in [0.15, 0.2) is 0 Å². The van der Waals surface area contributed by atoms with E-state index >= 15 is 0 Å². The fraction of sp³-hybridized carbons (Fsp3) is 0.857. The summed E-state index contributed by atoms with van der Waals surface area (Å²) in [6, 6.07) is 0. The highest BCUT2D eigenvalue weighted by Gasteiger charge is 2.43. The third kappa shape index (κ3) is 5.29. The van der Waals surface area contributed by atoms with Gasteiger partial charge in [0.2, 0.25) is 0 Å². The zero-order chi connectivity index (χ0) is 16.7. The number of carbonyl (C=O) groups excluding carboxylic acids is 2. The fourth-order valence-electron chi connectivity index (χ4n) is 2.34. The molecule has 0 bridgehead atoms. The molecule has 2 unspecified atom stereocenters. The summed E-state index contributed by atoms with van der Waals surface area (Å²) < 4.78 is 9.99.